The van der Waals surface area contributed by atoms with Gasteiger partial charge in [0, 0.05) is 38.0 Å². The van der Waals surface area contributed by atoms with Gasteiger partial charge in [0.25, 0.3) is 0 Å². The topological polar surface area (TPSA) is 69.5 Å². The lowest BCUT2D eigenvalue weighted by molar-refractivity contribution is -0.137. The molecule has 0 spiro atoms. The van der Waals surface area contributed by atoms with Crippen LogP contribution in [0.25, 0.3) is 0 Å². The van der Waals surface area contributed by atoms with Gasteiger partial charge in [-0.15, -0.1) is 0 Å². The molecule has 0 bridgehead atoms. The molecule has 0 saturated heterocycles. The number of rotatable bonds is 6. The summed E-state index contributed by atoms with van der Waals surface area (Å²) in [6.45, 7) is 4.93. The van der Waals surface area contributed by atoms with Crippen molar-refractivity contribution >= 4 is 5.91 Å². The highest BCUT2D eigenvalue weighted by molar-refractivity contribution is 5.77. The number of pyridine rings is 1. The zero-order valence-corrected chi connectivity index (χ0v) is 13.8. The fraction of sp³-hybridized carbons (Fsp3) is 0.471. The van der Waals surface area contributed by atoms with E-state index in [0.29, 0.717) is 26.3 Å². The molecule has 1 unspecified atom stereocenters. The van der Waals surface area contributed by atoms with Gasteiger partial charge in [-0.25, -0.2) is 0 Å². The molecule has 2 aromatic heterocycles. The average molecular weight is 330 g/mol. The van der Waals surface area contributed by atoms with E-state index in [9.17, 15) is 4.79 Å². The van der Waals surface area contributed by atoms with Crippen LogP contribution in [0.15, 0.2) is 36.8 Å². The zero-order chi connectivity index (χ0) is 16.8. The number of amides is 1. The van der Waals surface area contributed by atoms with Crippen molar-refractivity contribution in [3.05, 3.63) is 42.5 Å². The number of hydrogen-bond acceptors (Lipinski definition) is 5. The van der Waals surface area contributed by atoms with Crippen molar-refractivity contribution in [1.82, 2.24) is 19.7 Å². The van der Waals surface area contributed by atoms with E-state index < -0.39 is 0 Å². The van der Waals surface area contributed by atoms with E-state index in [-0.39, 0.29) is 18.4 Å². The third-order valence-electron chi connectivity index (χ3n) is 3.97. The minimum Gasteiger partial charge on any atom is -0.492 e. The Bertz CT molecular complexity index is 659. The van der Waals surface area contributed by atoms with Gasteiger partial charge in [-0.3, -0.25) is 14.5 Å². The second-order valence-electron chi connectivity index (χ2n) is 5.78. The van der Waals surface area contributed by atoms with Crippen LogP contribution in [-0.2, 0) is 22.6 Å². The van der Waals surface area contributed by atoms with E-state index in [0.717, 1.165) is 18.0 Å². The molecule has 0 N–H and O–H groups in total. The van der Waals surface area contributed by atoms with Gasteiger partial charge in [-0.1, -0.05) is 0 Å². The van der Waals surface area contributed by atoms with Gasteiger partial charge in [0.15, 0.2) is 0 Å². The van der Waals surface area contributed by atoms with Crippen LogP contribution in [0, 0.1) is 5.92 Å². The van der Waals surface area contributed by atoms with Gasteiger partial charge >= 0.3 is 0 Å². The predicted molar refractivity (Wildman–Crippen MR) is 87.4 cm³/mol. The quantitative estimate of drug-likeness (QED) is 0.800. The molecule has 7 nitrogen and oxygen atoms in total. The second kappa shape index (κ2) is 7.92. The van der Waals surface area contributed by atoms with Crippen molar-refractivity contribution in [3.8, 4) is 5.75 Å². The van der Waals surface area contributed by atoms with Gasteiger partial charge in [-0.2, -0.15) is 5.10 Å². The summed E-state index contributed by atoms with van der Waals surface area (Å²) >= 11 is 0. The Kier molecular flexibility index (Phi) is 5.43. The van der Waals surface area contributed by atoms with Gasteiger partial charge < -0.3 is 14.4 Å². The fourth-order valence-electron chi connectivity index (χ4n) is 2.76. The molecular formula is C17H22N4O3. The summed E-state index contributed by atoms with van der Waals surface area (Å²) in [6, 6.07) is 5.66. The van der Waals surface area contributed by atoms with E-state index in [1.807, 2.05) is 34.7 Å². The molecule has 0 fully saturated rings. The number of fused-ring (bicyclic) bond motifs is 1. The van der Waals surface area contributed by atoms with Crippen LogP contribution in [0.1, 0.15) is 12.6 Å². The number of ether oxygens (including phenoxy) is 2. The summed E-state index contributed by atoms with van der Waals surface area (Å²) in [5, 5.41) is 4.36. The largest absolute Gasteiger partial charge is 0.492 e. The molecule has 24 heavy (non-hydrogen) atoms. The number of nitrogens with zero attached hydrogens (tertiary/aromatic N) is 4. The van der Waals surface area contributed by atoms with Crippen LogP contribution in [0.5, 0.6) is 5.75 Å². The molecule has 0 aromatic carbocycles. The van der Waals surface area contributed by atoms with E-state index in [4.69, 9.17) is 9.47 Å². The Labute approximate surface area is 141 Å². The van der Waals surface area contributed by atoms with Crippen molar-refractivity contribution in [2.75, 3.05) is 26.4 Å². The van der Waals surface area contributed by atoms with E-state index in [1.165, 1.54) is 0 Å². The first-order valence-electron chi connectivity index (χ1n) is 8.15. The third kappa shape index (κ3) is 4.11. The van der Waals surface area contributed by atoms with Crippen molar-refractivity contribution in [1.29, 1.82) is 0 Å². The minimum atomic E-state index is -0.00197. The lowest BCUT2D eigenvalue weighted by atomic mass is 10.1. The third-order valence-corrected chi connectivity index (χ3v) is 3.97. The molecule has 1 amide bonds. The van der Waals surface area contributed by atoms with Gasteiger partial charge in [0.1, 0.15) is 12.4 Å². The maximum Gasteiger partial charge on any atom is 0.248 e. The summed E-state index contributed by atoms with van der Waals surface area (Å²) in [4.78, 5) is 18.3. The van der Waals surface area contributed by atoms with Crippen LogP contribution < -0.4 is 4.74 Å². The van der Waals surface area contributed by atoms with E-state index in [2.05, 4.69) is 10.1 Å². The Morgan fingerprint density at radius 3 is 3.04 bits per heavy atom. The van der Waals surface area contributed by atoms with Crippen molar-refractivity contribution in [2.45, 2.75) is 20.0 Å². The Morgan fingerprint density at radius 2 is 2.25 bits per heavy atom. The van der Waals surface area contributed by atoms with Gasteiger partial charge in [-0.05, 0) is 25.1 Å². The summed E-state index contributed by atoms with van der Waals surface area (Å²) in [5.74, 6) is 0.879. The minimum absolute atomic E-state index is 0.00197. The standard InChI is InChI=1S/C17H22N4O3/c1-2-23-13-17(22)20-9-14(10-21-15(11-20)5-7-19-21)12-24-16-4-3-6-18-8-16/h3-8,14H,2,9-13H2,1H3. The highest BCUT2D eigenvalue weighted by atomic mass is 16.5. The molecule has 1 aliphatic heterocycles. The molecule has 1 atom stereocenters. The number of carbonyl (C=O) groups excluding carboxylic acids is 1. The Hall–Kier alpha value is -2.41. The van der Waals surface area contributed by atoms with Gasteiger partial charge in [0.05, 0.1) is 25.0 Å². The normalized spacial score (nSPS) is 17.2. The maximum absolute atomic E-state index is 12.4. The smallest absolute Gasteiger partial charge is 0.248 e. The summed E-state index contributed by atoms with van der Waals surface area (Å²) in [7, 11) is 0. The maximum atomic E-state index is 12.4. The molecule has 0 saturated carbocycles. The monoisotopic (exact) mass is 330 g/mol. The zero-order valence-electron chi connectivity index (χ0n) is 13.8. The van der Waals surface area contributed by atoms with E-state index in [1.54, 1.807) is 18.6 Å². The first-order chi connectivity index (χ1) is 11.8. The van der Waals surface area contributed by atoms with Crippen LogP contribution in [-0.4, -0.2) is 51.9 Å². The molecule has 1 aliphatic rings. The lowest BCUT2D eigenvalue weighted by Gasteiger charge is -2.24. The molecule has 3 heterocycles. The summed E-state index contributed by atoms with van der Waals surface area (Å²) in [6.07, 6.45) is 5.17. The first kappa shape index (κ1) is 16.4. The summed E-state index contributed by atoms with van der Waals surface area (Å²) in [5.41, 5.74) is 1.03. The predicted octanol–water partition coefficient (Wildman–Crippen LogP) is 1.35. The molecule has 2 aromatic rings. The summed E-state index contributed by atoms with van der Waals surface area (Å²) < 4.78 is 13.0. The SMILES string of the molecule is CCOCC(=O)N1Cc2ccnn2CC(COc2cccnc2)C1. The molecule has 0 radical (unpaired) electrons. The highest BCUT2D eigenvalue weighted by Crippen LogP contribution is 2.18. The van der Waals surface area contributed by atoms with Crippen LogP contribution >= 0.6 is 0 Å². The Balaban J connectivity index is 1.68. The fourth-order valence-corrected chi connectivity index (χ4v) is 2.76. The van der Waals surface area contributed by atoms with Crippen LogP contribution in [0.2, 0.25) is 0 Å². The van der Waals surface area contributed by atoms with Crippen molar-refractivity contribution in [2.24, 2.45) is 5.92 Å². The number of carbonyl (C=O) groups is 1. The first-order valence-corrected chi connectivity index (χ1v) is 8.15. The number of aromatic nitrogens is 3. The molecule has 3 rings (SSSR count). The molecule has 7 heteroatoms. The highest BCUT2D eigenvalue weighted by Gasteiger charge is 2.26. The van der Waals surface area contributed by atoms with Crippen molar-refractivity contribution < 1.29 is 14.3 Å². The number of hydrogen-bond donors (Lipinski definition) is 0. The van der Waals surface area contributed by atoms with Crippen LogP contribution in [0.3, 0.4) is 0 Å². The molecule has 0 aliphatic carbocycles. The van der Waals surface area contributed by atoms with E-state index >= 15 is 0 Å². The molecular weight excluding hydrogens is 308 g/mol. The Morgan fingerprint density at radius 1 is 1.33 bits per heavy atom. The lowest BCUT2D eigenvalue weighted by Crippen LogP contribution is -2.37. The van der Waals surface area contributed by atoms with Crippen molar-refractivity contribution in [3.63, 3.8) is 0 Å². The second-order valence-corrected chi connectivity index (χ2v) is 5.78. The van der Waals surface area contributed by atoms with Gasteiger partial charge in [0.2, 0.25) is 5.91 Å². The molecule has 128 valence electrons. The average Bonchev–Trinajstić information content (AvgIpc) is 2.96. The van der Waals surface area contributed by atoms with Crippen LogP contribution in [0.4, 0.5) is 0 Å².